The fourth-order valence-corrected chi connectivity index (χ4v) is 3.40. The Balaban J connectivity index is 0.000000607. The van der Waals surface area contributed by atoms with Gasteiger partial charge in [0.25, 0.3) is 0 Å². The molecular formula is C27H41ClN2O3. The molecule has 0 aromatic heterocycles. The molecule has 0 fully saturated rings. The zero-order valence-corrected chi connectivity index (χ0v) is 22.0. The number of amides is 1. The van der Waals surface area contributed by atoms with E-state index in [4.69, 9.17) is 5.11 Å². The van der Waals surface area contributed by atoms with Crippen molar-refractivity contribution in [1.29, 1.82) is 0 Å². The number of carbonyl (C=O) groups excluding carboxylic acids is 1. The van der Waals surface area contributed by atoms with Gasteiger partial charge in [-0.3, -0.25) is 14.5 Å². The van der Waals surface area contributed by atoms with E-state index in [0.717, 1.165) is 41.9 Å². The molecular weight excluding hydrogens is 436 g/mol. The average Bonchev–Trinajstić information content (AvgIpc) is 2.74. The molecule has 0 saturated heterocycles. The van der Waals surface area contributed by atoms with Crippen molar-refractivity contribution in [2.45, 2.75) is 60.8 Å². The van der Waals surface area contributed by atoms with E-state index in [9.17, 15) is 9.59 Å². The molecule has 6 heteroatoms. The van der Waals surface area contributed by atoms with Crippen LogP contribution in [0, 0.1) is 19.8 Å². The number of likely N-dealkylation sites (N-methyl/N-ethyl adjacent to an activating group) is 1. The Labute approximate surface area is 206 Å². The van der Waals surface area contributed by atoms with Crippen LogP contribution in [-0.2, 0) is 16.0 Å². The second-order valence-electron chi connectivity index (χ2n) is 8.68. The first kappa shape index (κ1) is 30.6. The van der Waals surface area contributed by atoms with Crippen molar-refractivity contribution < 1.29 is 14.7 Å². The molecule has 5 nitrogen and oxygen atoms in total. The SMILES string of the molecule is CC(C)Cc1ccc(C(C)C(=O)O)cc1.CCN(CC)CC(=O)Nc1c(C)cccc1C.Cl. The highest BCUT2D eigenvalue weighted by Crippen LogP contribution is 2.19. The maximum Gasteiger partial charge on any atom is 0.310 e. The molecule has 1 amide bonds. The van der Waals surface area contributed by atoms with Gasteiger partial charge in [0, 0.05) is 5.69 Å². The van der Waals surface area contributed by atoms with E-state index >= 15 is 0 Å². The van der Waals surface area contributed by atoms with Crippen LogP contribution in [0.1, 0.15) is 62.8 Å². The summed E-state index contributed by atoms with van der Waals surface area (Å²) in [7, 11) is 0. The van der Waals surface area contributed by atoms with Gasteiger partial charge in [0.15, 0.2) is 0 Å². The monoisotopic (exact) mass is 476 g/mol. The Kier molecular flexibility index (Phi) is 14.4. The molecule has 0 heterocycles. The topological polar surface area (TPSA) is 69.6 Å². The normalized spacial score (nSPS) is 11.3. The molecule has 0 radical (unpaired) electrons. The molecule has 0 saturated carbocycles. The van der Waals surface area contributed by atoms with Crippen LogP contribution in [0.15, 0.2) is 42.5 Å². The predicted octanol–water partition coefficient (Wildman–Crippen LogP) is 6.08. The summed E-state index contributed by atoms with van der Waals surface area (Å²) in [5.74, 6) is -0.497. The van der Waals surface area contributed by atoms with Gasteiger partial charge in [-0.1, -0.05) is 70.2 Å². The number of hydrogen-bond donors (Lipinski definition) is 2. The number of benzene rings is 2. The number of carbonyl (C=O) groups is 2. The van der Waals surface area contributed by atoms with Crippen molar-refractivity contribution in [1.82, 2.24) is 4.90 Å². The molecule has 1 unspecified atom stereocenters. The van der Waals surface area contributed by atoms with Gasteiger partial charge in [0.1, 0.15) is 0 Å². The number of carboxylic acids is 1. The van der Waals surface area contributed by atoms with E-state index in [1.807, 2.05) is 56.3 Å². The molecule has 2 rings (SSSR count). The molecule has 0 aliphatic carbocycles. The summed E-state index contributed by atoms with van der Waals surface area (Å²) in [6, 6.07) is 13.9. The minimum absolute atomic E-state index is 0. The lowest BCUT2D eigenvalue weighted by molar-refractivity contribution is -0.138. The number of hydrogen-bond acceptors (Lipinski definition) is 3. The third-order valence-electron chi connectivity index (χ3n) is 5.50. The first-order chi connectivity index (χ1) is 15.1. The van der Waals surface area contributed by atoms with Crippen molar-refractivity contribution in [2.75, 3.05) is 25.0 Å². The summed E-state index contributed by atoms with van der Waals surface area (Å²) in [5.41, 5.74) is 5.31. The molecule has 1 atom stereocenters. The number of para-hydroxylation sites is 1. The smallest absolute Gasteiger partial charge is 0.310 e. The number of aryl methyl sites for hydroxylation is 2. The minimum atomic E-state index is -0.772. The van der Waals surface area contributed by atoms with Crippen LogP contribution in [0.3, 0.4) is 0 Å². The second kappa shape index (κ2) is 15.5. The lowest BCUT2D eigenvalue weighted by Gasteiger charge is -2.18. The molecule has 184 valence electrons. The maximum atomic E-state index is 11.9. The van der Waals surface area contributed by atoms with Crippen molar-refractivity contribution >= 4 is 30.0 Å². The minimum Gasteiger partial charge on any atom is -0.481 e. The van der Waals surface area contributed by atoms with Gasteiger partial charge in [-0.15, -0.1) is 12.4 Å². The van der Waals surface area contributed by atoms with Crippen molar-refractivity contribution in [3.63, 3.8) is 0 Å². The highest BCUT2D eigenvalue weighted by molar-refractivity contribution is 5.93. The van der Waals surface area contributed by atoms with Crippen molar-refractivity contribution in [3.05, 3.63) is 64.7 Å². The van der Waals surface area contributed by atoms with E-state index in [1.165, 1.54) is 5.56 Å². The third-order valence-corrected chi connectivity index (χ3v) is 5.50. The Bertz CT molecular complexity index is 842. The summed E-state index contributed by atoms with van der Waals surface area (Å²) in [5, 5.41) is 11.8. The van der Waals surface area contributed by atoms with Gasteiger partial charge < -0.3 is 10.4 Å². The standard InChI is InChI=1S/C14H22N2O.C13H18O2.ClH/c1-5-16(6-2)10-13(17)15-14-11(3)8-7-9-12(14)4;1-9(2)8-11-4-6-12(7-5-11)10(3)13(14)15;/h7-9H,5-6,10H2,1-4H3,(H,15,17);4-7,9-10H,8H2,1-3H3,(H,14,15);1H. The molecule has 2 aromatic rings. The number of anilines is 1. The Morgan fingerprint density at radius 1 is 0.939 bits per heavy atom. The van der Waals surface area contributed by atoms with Crippen LogP contribution in [0.4, 0.5) is 5.69 Å². The summed E-state index contributed by atoms with van der Waals surface area (Å²) >= 11 is 0. The summed E-state index contributed by atoms with van der Waals surface area (Å²) < 4.78 is 0. The molecule has 0 aliphatic heterocycles. The third kappa shape index (κ3) is 10.9. The lowest BCUT2D eigenvalue weighted by atomic mass is 9.97. The molecule has 2 aromatic carbocycles. The zero-order valence-electron chi connectivity index (χ0n) is 21.1. The van der Waals surface area contributed by atoms with Crippen LogP contribution in [-0.4, -0.2) is 41.5 Å². The van der Waals surface area contributed by atoms with Gasteiger partial charge in [-0.25, -0.2) is 0 Å². The first-order valence-corrected chi connectivity index (χ1v) is 11.5. The predicted molar refractivity (Wildman–Crippen MR) is 141 cm³/mol. The van der Waals surface area contributed by atoms with Gasteiger partial charge in [0.2, 0.25) is 5.91 Å². The molecule has 0 bridgehead atoms. The largest absolute Gasteiger partial charge is 0.481 e. The molecule has 33 heavy (non-hydrogen) atoms. The lowest BCUT2D eigenvalue weighted by Crippen LogP contribution is -2.33. The molecule has 0 aliphatic rings. The number of carboxylic acid groups (broad SMARTS) is 1. The van der Waals surface area contributed by atoms with Crippen LogP contribution >= 0.6 is 12.4 Å². The number of nitrogens with zero attached hydrogens (tertiary/aromatic N) is 1. The fourth-order valence-electron chi connectivity index (χ4n) is 3.40. The number of nitrogens with one attached hydrogen (secondary N) is 1. The number of aliphatic carboxylic acids is 1. The van der Waals surface area contributed by atoms with Gasteiger partial charge in [-0.2, -0.15) is 0 Å². The quantitative estimate of drug-likeness (QED) is 0.460. The highest BCUT2D eigenvalue weighted by atomic mass is 35.5. The Hall–Kier alpha value is -2.37. The number of rotatable bonds is 9. The van der Waals surface area contributed by atoms with E-state index in [2.05, 4.69) is 37.9 Å². The fraction of sp³-hybridized carbons (Fsp3) is 0.481. The number of halogens is 1. The van der Waals surface area contributed by atoms with Crippen LogP contribution in [0.5, 0.6) is 0 Å². The highest BCUT2D eigenvalue weighted by Gasteiger charge is 2.13. The van der Waals surface area contributed by atoms with E-state index < -0.39 is 11.9 Å². The summed E-state index contributed by atoms with van der Waals surface area (Å²) in [6.45, 7) is 16.5. The Morgan fingerprint density at radius 3 is 1.88 bits per heavy atom. The Morgan fingerprint density at radius 2 is 1.45 bits per heavy atom. The van der Waals surface area contributed by atoms with Gasteiger partial charge >= 0.3 is 5.97 Å². The van der Waals surface area contributed by atoms with Crippen molar-refractivity contribution in [3.8, 4) is 0 Å². The van der Waals surface area contributed by atoms with Gasteiger partial charge in [-0.05, 0) is 68.5 Å². The van der Waals surface area contributed by atoms with E-state index in [-0.39, 0.29) is 18.3 Å². The average molecular weight is 477 g/mol. The van der Waals surface area contributed by atoms with E-state index in [0.29, 0.717) is 12.5 Å². The first-order valence-electron chi connectivity index (χ1n) is 11.5. The van der Waals surface area contributed by atoms with Gasteiger partial charge in [0.05, 0.1) is 12.5 Å². The maximum absolute atomic E-state index is 11.9. The van der Waals surface area contributed by atoms with Crippen LogP contribution in [0.2, 0.25) is 0 Å². The summed E-state index contributed by atoms with van der Waals surface area (Å²) in [6.07, 6.45) is 1.04. The second-order valence-corrected chi connectivity index (χ2v) is 8.68. The van der Waals surface area contributed by atoms with Crippen LogP contribution < -0.4 is 5.32 Å². The molecule has 2 N–H and O–H groups in total. The van der Waals surface area contributed by atoms with E-state index in [1.54, 1.807) is 6.92 Å². The van der Waals surface area contributed by atoms with Crippen LogP contribution in [0.25, 0.3) is 0 Å². The van der Waals surface area contributed by atoms with Crippen molar-refractivity contribution in [2.24, 2.45) is 5.92 Å². The zero-order chi connectivity index (χ0) is 24.3. The summed E-state index contributed by atoms with van der Waals surface area (Å²) in [4.78, 5) is 24.8. The molecule has 0 spiro atoms.